The number of anilines is 1. The second-order valence-electron chi connectivity index (χ2n) is 3.53. The van der Waals surface area contributed by atoms with Crippen LogP contribution in [0.2, 0.25) is 0 Å². The predicted octanol–water partition coefficient (Wildman–Crippen LogP) is 2.36. The highest BCUT2D eigenvalue weighted by Gasteiger charge is 2.06. The second-order valence-corrected chi connectivity index (χ2v) is 3.53. The lowest BCUT2D eigenvalue weighted by atomic mass is 10.1. The Morgan fingerprint density at radius 1 is 1.50 bits per heavy atom. The van der Waals surface area contributed by atoms with Crippen LogP contribution in [0.15, 0.2) is 36.9 Å². The summed E-state index contributed by atoms with van der Waals surface area (Å²) >= 11 is 0. The van der Waals surface area contributed by atoms with Crippen LogP contribution in [0.3, 0.4) is 0 Å². The van der Waals surface area contributed by atoms with Gasteiger partial charge in [-0.1, -0.05) is 18.2 Å². The van der Waals surface area contributed by atoms with Crippen LogP contribution in [0, 0.1) is 0 Å². The number of nitrogens with zero attached hydrogens (tertiary/aromatic N) is 1. The van der Waals surface area contributed by atoms with E-state index in [0.717, 1.165) is 11.3 Å². The van der Waals surface area contributed by atoms with Gasteiger partial charge in [0, 0.05) is 19.8 Å². The topological polar surface area (TPSA) is 23.5 Å². The summed E-state index contributed by atoms with van der Waals surface area (Å²) in [6.45, 7) is 3.61. The van der Waals surface area contributed by atoms with Crippen molar-refractivity contribution in [2.45, 2.75) is 12.5 Å². The van der Waals surface area contributed by atoms with E-state index < -0.39 is 6.10 Å². The normalized spacial score (nSPS) is 12.2. The van der Waals surface area contributed by atoms with Gasteiger partial charge in [0.25, 0.3) is 0 Å². The van der Waals surface area contributed by atoms with Crippen LogP contribution < -0.4 is 4.90 Å². The summed E-state index contributed by atoms with van der Waals surface area (Å²) in [5.41, 5.74) is 2.04. The van der Waals surface area contributed by atoms with E-state index >= 15 is 0 Å². The zero-order valence-electron chi connectivity index (χ0n) is 8.77. The highest BCUT2D eigenvalue weighted by Crippen LogP contribution is 2.21. The van der Waals surface area contributed by atoms with Gasteiger partial charge in [0.15, 0.2) is 0 Å². The molecule has 2 nitrogen and oxygen atoms in total. The molecule has 0 aliphatic heterocycles. The summed E-state index contributed by atoms with van der Waals surface area (Å²) in [5, 5.41) is 9.74. The molecule has 1 unspecified atom stereocenters. The molecule has 0 aliphatic rings. The third kappa shape index (κ3) is 2.60. The van der Waals surface area contributed by atoms with Crippen molar-refractivity contribution in [3.05, 3.63) is 42.5 Å². The molecule has 1 aromatic carbocycles. The molecule has 0 radical (unpaired) electrons. The fourth-order valence-corrected chi connectivity index (χ4v) is 1.30. The largest absolute Gasteiger partial charge is 0.388 e. The number of rotatable bonds is 4. The van der Waals surface area contributed by atoms with Crippen molar-refractivity contribution >= 4 is 5.69 Å². The molecule has 0 heterocycles. The molecule has 0 saturated heterocycles. The lowest BCUT2D eigenvalue weighted by molar-refractivity contribution is 0.181. The molecule has 2 heteroatoms. The maximum absolute atomic E-state index is 9.74. The van der Waals surface area contributed by atoms with Gasteiger partial charge in [0.2, 0.25) is 0 Å². The number of hydrogen-bond acceptors (Lipinski definition) is 2. The number of hydrogen-bond donors (Lipinski definition) is 1. The molecule has 1 rings (SSSR count). The first-order chi connectivity index (χ1) is 6.65. The molecule has 0 bridgehead atoms. The smallest absolute Gasteiger partial charge is 0.0825 e. The van der Waals surface area contributed by atoms with E-state index in [1.54, 1.807) is 6.08 Å². The lowest BCUT2D eigenvalue weighted by Crippen LogP contribution is -2.09. The van der Waals surface area contributed by atoms with Crippen LogP contribution in [0.25, 0.3) is 0 Å². The summed E-state index contributed by atoms with van der Waals surface area (Å²) < 4.78 is 0. The van der Waals surface area contributed by atoms with Crippen LogP contribution in [-0.4, -0.2) is 19.2 Å². The number of aliphatic hydroxyl groups is 1. The first-order valence-corrected chi connectivity index (χ1v) is 4.71. The maximum atomic E-state index is 9.74. The van der Waals surface area contributed by atoms with Crippen LogP contribution in [0.1, 0.15) is 18.1 Å². The van der Waals surface area contributed by atoms with Gasteiger partial charge in [-0.3, -0.25) is 0 Å². The molecule has 14 heavy (non-hydrogen) atoms. The Hall–Kier alpha value is -1.28. The summed E-state index contributed by atoms with van der Waals surface area (Å²) in [4.78, 5) is 2.02. The Labute approximate surface area is 85.5 Å². The Kier molecular flexibility index (Phi) is 3.72. The van der Waals surface area contributed by atoms with Crippen molar-refractivity contribution in [2.75, 3.05) is 19.0 Å². The molecular weight excluding hydrogens is 174 g/mol. The zero-order valence-corrected chi connectivity index (χ0v) is 8.77. The number of benzene rings is 1. The Balaban J connectivity index is 2.87. The fraction of sp³-hybridized carbons (Fsp3) is 0.333. The first-order valence-electron chi connectivity index (χ1n) is 4.71. The zero-order chi connectivity index (χ0) is 10.6. The summed E-state index contributed by atoms with van der Waals surface area (Å²) in [5.74, 6) is 0. The molecule has 0 fully saturated rings. The monoisotopic (exact) mass is 191 g/mol. The SMILES string of the molecule is C=CCC(O)c1cccc(N(C)C)c1. The fourth-order valence-electron chi connectivity index (χ4n) is 1.30. The molecule has 1 aromatic rings. The summed E-state index contributed by atoms with van der Waals surface area (Å²) in [6, 6.07) is 7.90. The molecule has 0 spiro atoms. The first kappa shape index (κ1) is 10.8. The van der Waals surface area contributed by atoms with Crippen molar-refractivity contribution in [3.8, 4) is 0 Å². The van der Waals surface area contributed by atoms with Gasteiger partial charge < -0.3 is 10.0 Å². The van der Waals surface area contributed by atoms with E-state index in [-0.39, 0.29) is 0 Å². The van der Waals surface area contributed by atoms with Gasteiger partial charge in [0.05, 0.1) is 6.10 Å². The van der Waals surface area contributed by atoms with Gasteiger partial charge in [0.1, 0.15) is 0 Å². The quantitative estimate of drug-likeness (QED) is 0.738. The Morgan fingerprint density at radius 2 is 2.21 bits per heavy atom. The van der Waals surface area contributed by atoms with Crippen LogP contribution in [0.5, 0.6) is 0 Å². The Bertz CT molecular complexity index is 307. The minimum atomic E-state index is -0.438. The van der Waals surface area contributed by atoms with Crippen molar-refractivity contribution < 1.29 is 5.11 Å². The highest BCUT2D eigenvalue weighted by molar-refractivity contribution is 5.47. The predicted molar refractivity (Wildman–Crippen MR) is 60.5 cm³/mol. The third-order valence-corrected chi connectivity index (χ3v) is 2.16. The van der Waals surface area contributed by atoms with Crippen LogP contribution >= 0.6 is 0 Å². The average Bonchev–Trinajstić information content (AvgIpc) is 2.18. The Morgan fingerprint density at radius 3 is 2.79 bits per heavy atom. The third-order valence-electron chi connectivity index (χ3n) is 2.16. The molecule has 0 saturated carbocycles. The standard InChI is InChI=1S/C12H17NO/c1-4-6-12(14)10-7-5-8-11(9-10)13(2)3/h4-5,7-9,12,14H,1,6H2,2-3H3. The molecule has 0 aliphatic carbocycles. The van der Waals surface area contributed by atoms with E-state index in [2.05, 4.69) is 6.58 Å². The van der Waals surface area contributed by atoms with E-state index in [0.29, 0.717) is 6.42 Å². The van der Waals surface area contributed by atoms with Gasteiger partial charge in [-0.2, -0.15) is 0 Å². The second kappa shape index (κ2) is 4.82. The molecule has 0 amide bonds. The van der Waals surface area contributed by atoms with Crippen molar-refractivity contribution in [3.63, 3.8) is 0 Å². The highest BCUT2D eigenvalue weighted by atomic mass is 16.3. The van der Waals surface area contributed by atoms with Gasteiger partial charge in [-0.25, -0.2) is 0 Å². The van der Waals surface area contributed by atoms with Gasteiger partial charge in [-0.05, 0) is 24.1 Å². The average molecular weight is 191 g/mol. The minimum Gasteiger partial charge on any atom is -0.388 e. The maximum Gasteiger partial charge on any atom is 0.0825 e. The summed E-state index contributed by atoms with van der Waals surface area (Å²) in [6.07, 6.45) is 1.89. The van der Waals surface area contributed by atoms with Crippen molar-refractivity contribution in [1.29, 1.82) is 0 Å². The molecule has 0 aromatic heterocycles. The van der Waals surface area contributed by atoms with Crippen molar-refractivity contribution in [1.82, 2.24) is 0 Å². The van der Waals surface area contributed by atoms with Gasteiger partial charge in [-0.15, -0.1) is 6.58 Å². The van der Waals surface area contributed by atoms with E-state index in [9.17, 15) is 5.11 Å². The van der Waals surface area contributed by atoms with E-state index in [1.165, 1.54) is 0 Å². The molecule has 1 N–H and O–H groups in total. The molecule has 76 valence electrons. The van der Waals surface area contributed by atoms with E-state index in [1.807, 2.05) is 43.3 Å². The van der Waals surface area contributed by atoms with Crippen molar-refractivity contribution in [2.24, 2.45) is 0 Å². The molecule has 1 atom stereocenters. The van der Waals surface area contributed by atoms with Gasteiger partial charge >= 0.3 is 0 Å². The molecular formula is C12H17NO. The van der Waals surface area contributed by atoms with Crippen LogP contribution in [-0.2, 0) is 0 Å². The summed E-state index contributed by atoms with van der Waals surface area (Å²) in [7, 11) is 3.97. The van der Waals surface area contributed by atoms with E-state index in [4.69, 9.17) is 0 Å². The van der Waals surface area contributed by atoms with Crippen LogP contribution in [0.4, 0.5) is 5.69 Å². The lowest BCUT2D eigenvalue weighted by Gasteiger charge is -2.15. The minimum absolute atomic E-state index is 0.438. The number of aliphatic hydroxyl groups excluding tert-OH is 1.